The Morgan fingerprint density at radius 2 is 2.08 bits per heavy atom. The number of hydrogen-bond donors (Lipinski definition) is 3. The number of amides is 2. The van der Waals surface area contributed by atoms with Crippen molar-refractivity contribution in [2.75, 3.05) is 6.54 Å². The molecule has 3 aromatic rings. The second-order valence-corrected chi connectivity index (χ2v) is 6.44. The zero-order chi connectivity index (χ0) is 17.6. The fourth-order valence-electron chi connectivity index (χ4n) is 2.63. The van der Waals surface area contributed by atoms with Gasteiger partial charge in [-0.2, -0.15) is 0 Å². The number of H-pyrrole nitrogens is 1. The predicted octanol–water partition coefficient (Wildman–Crippen LogP) is 2.32. The van der Waals surface area contributed by atoms with Crippen LogP contribution in [0.1, 0.15) is 15.2 Å². The number of aromatic nitrogens is 1. The minimum atomic E-state index is -0.706. The zero-order valence-electron chi connectivity index (χ0n) is 13.4. The van der Waals surface area contributed by atoms with Gasteiger partial charge in [-0.25, -0.2) is 0 Å². The molecule has 3 N–H and O–H groups in total. The van der Waals surface area contributed by atoms with Crippen LogP contribution in [-0.2, 0) is 11.2 Å². The van der Waals surface area contributed by atoms with Crippen molar-refractivity contribution in [1.82, 2.24) is 15.6 Å². The molecule has 0 aliphatic carbocycles. The molecular weight excluding hydrogens is 334 g/mol. The molecule has 2 amide bonds. The summed E-state index contributed by atoms with van der Waals surface area (Å²) in [5, 5.41) is 8.31. The van der Waals surface area contributed by atoms with E-state index in [1.807, 2.05) is 35.8 Å². The maximum absolute atomic E-state index is 12.4. The van der Waals surface area contributed by atoms with Crippen molar-refractivity contribution in [3.63, 3.8) is 0 Å². The Morgan fingerprint density at radius 3 is 2.84 bits per heavy atom. The summed E-state index contributed by atoms with van der Waals surface area (Å²) in [7, 11) is 0. The number of para-hydroxylation sites is 1. The van der Waals surface area contributed by atoms with Gasteiger partial charge in [-0.3, -0.25) is 9.59 Å². The quantitative estimate of drug-likeness (QED) is 0.596. The van der Waals surface area contributed by atoms with E-state index in [0.717, 1.165) is 16.5 Å². The Bertz CT molecular complexity index is 922. The smallest absolute Gasteiger partial charge is 0.262 e. The first kappa shape index (κ1) is 16.8. The van der Waals surface area contributed by atoms with Crippen LogP contribution in [0.5, 0.6) is 0 Å². The predicted molar refractivity (Wildman–Crippen MR) is 99.4 cm³/mol. The van der Waals surface area contributed by atoms with E-state index in [1.165, 1.54) is 11.3 Å². The van der Waals surface area contributed by atoms with Crippen LogP contribution in [0, 0.1) is 12.3 Å². The van der Waals surface area contributed by atoms with Crippen LogP contribution in [0.25, 0.3) is 10.9 Å². The second-order valence-electron chi connectivity index (χ2n) is 5.49. The molecule has 5 nitrogen and oxygen atoms in total. The number of benzene rings is 1. The van der Waals surface area contributed by atoms with Gasteiger partial charge in [0.1, 0.15) is 6.04 Å². The molecule has 0 radical (unpaired) electrons. The van der Waals surface area contributed by atoms with E-state index in [-0.39, 0.29) is 18.4 Å². The molecule has 0 unspecified atom stereocenters. The summed E-state index contributed by atoms with van der Waals surface area (Å²) < 4.78 is 0. The lowest BCUT2D eigenvalue weighted by Gasteiger charge is -2.17. The minimum absolute atomic E-state index is 0.123. The van der Waals surface area contributed by atoms with Crippen LogP contribution in [0.3, 0.4) is 0 Å². The summed E-state index contributed by atoms with van der Waals surface area (Å²) in [5.41, 5.74) is 1.95. The van der Waals surface area contributed by atoms with Gasteiger partial charge in [0, 0.05) is 23.5 Å². The van der Waals surface area contributed by atoms with Crippen LogP contribution in [-0.4, -0.2) is 29.4 Å². The molecular formula is C19H17N3O2S. The summed E-state index contributed by atoms with van der Waals surface area (Å²) >= 11 is 1.33. The summed E-state index contributed by atoms with van der Waals surface area (Å²) in [6.07, 6.45) is 7.45. The number of carbonyl (C=O) groups is 2. The Hall–Kier alpha value is -3.04. The lowest BCUT2D eigenvalue weighted by molar-refractivity contribution is -0.122. The lowest BCUT2D eigenvalue weighted by Crippen LogP contribution is -2.48. The third-order valence-corrected chi connectivity index (χ3v) is 4.70. The van der Waals surface area contributed by atoms with Crippen LogP contribution in [0.2, 0.25) is 0 Å². The second kappa shape index (κ2) is 7.69. The van der Waals surface area contributed by atoms with Gasteiger partial charge in [0.15, 0.2) is 0 Å². The van der Waals surface area contributed by atoms with Crippen molar-refractivity contribution in [1.29, 1.82) is 0 Å². The molecule has 1 aromatic carbocycles. The Kier molecular flexibility index (Phi) is 5.17. The van der Waals surface area contributed by atoms with Gasteiger partial charge in [0.05, 0.1) is 11.4 Å². The van der Waals surface area contributed by atoms with Crippen LogP contribution in [0.4, 0.5) is 0 Å². The normalized spacial score (nSPS) is 11.6. The molecule has 1 atom stereocenters. The third kappa shape index (κ3) is 3.90. The third-order valence-electron chi connectivity index (χ3n) is 3.83. The number of aromatic amines is 1. The topological polar surface area (TPSA) is 74.0 Å². The fourth-order valence-corrected chi connectivity index (χ4v) is 3.26. The maximum Gasteiger partial charge on any atom is 0.262 e. The van der Waals surface area contributed by atoms with Gasteiger partial charge in [0.25, 0.3) is 5.91 Å². The van der Waals surface area contributed by atoms with E-state index in [9.17, 15) is 9.59 Å². The molecule has 3 rings (SSSR count). The average Bonchev–Trinajstić information content (AvgIpc) is 3.29. The highest BCUT2D eigenvalue weighted by atomic mass is 32.1. The van der Waals surface area contributed by atoms with Gasteiger partial charge < -0.3 is 15.6 Å². The first-order valence-corrected chi connectivity index (χ1v) is 8.67. The van der Waals surface area contributed by atoms with Crippen molar-refractivity contribution in [3.8, 4) is 12.3 Å². The van der Waals surface area contributed by atoms with E-state index >= 15 is 0 Å². The van der Waals surface area contributed by atoms with Gasteiger partial charge in [-0.05, 0) is 23.1 Å². The number of terminal acetylenes is 1. The van der Waals surface area contributed by atoms with Gasteiger partial charge in [0.2, 0.25) is 5.91 Å². The molecule has 0 saturated heterocycles. The molecule has 6 heteroatoms. The van der Waals surface area contributed by atoms with Crippen molar-refractivity contribution in [2.24, 2.45) is 0 Å². The summed E-state index contributed by atoms with van der Waals surface area (Å²) in [4.78, 5) is 28.5. The summed E-state index contributed by atoms with van der Waals surface area (Å²) in [6.45, 7) is 0.123. The molecule has 0 bridgehead atoms. The number of thiophene rings is 1. The Morgan fingerprint density at radius 1 is 1.24 bits per heavy atom. The first-order chi connectivity index (χ1) is 12.2. The lowest BCUT2D eigenvalue weighted by atomic mass is 10.0. The number of rotatable bonds is 6. The summed E-state index contributed by atoms with van der Waals surface area (Å²) in [5.74, 6) is 1.81. The Labute approximate surface area is 149 Å². The molecule has 0 fully saturated rings. The van der Waals surface area contributed by atoms with Crippen LogP contribution >= 0.6 is 11.3 Å². The van der Waals surface area contributed by atoms with Crippen LogP contribution < -0.4 is 10.6 Å². The SMILES string of the molecule is C#CCNC(=O)[C@H](Cc1c[nH]c2ccccc12)NC(=O)c1cccs1. The Balaban J connectivity index is 1.81. The monoisotopic (exact) mass is 351 g/mol. The number of nitrogens with one attached hydrogen (secondary N) is 3. The molecule has 0 aliphatic heterocycles. The molecule has 2 heterocycles. The molecule has 25 heavy (non-hydrogen) atoms. The highest BCUT2D eigenvalue weighted by Gasteiger charge is 2.23. The molecule has 0 aliphatic rings. The maximum atomic E-state index is 12.4. The van der Waals surface area contributed by atoms with Crippen molar-refractivity contribution in [2.45, 2.75) is 12.5 Å². The van der Waals surface area contributed by atoms with Gasteiger partial charge in [-0.15, -0.1) is 17.8 Å². The fraction of sp³-hybridized carbons (Fsp3) is 0.158. The molecule has 2 aromatic heterocycles. The summed E-state index contributed by atoms with van der Waals surface area (Å²) in [6, 6.07) is 10.7. The highest BCUT2D eigenvalue weighted by Crippen LogP contribution is 2.19. The molecule has 126 valence electrons. The molecule has 0 spiro atoms. The van der Waals surface area contributed by atoms with Gasteiger partial charge in [-0.1, -0.05) is 30.2 Å². The van der Waals surface area contributed by atoms with Crippen molar-refractivity contribution in [3.05, 3.63) is 58.4 Å². The molecule has 0 saturated carbocycles. The van der Waals surface area contributed by atoms with Gasteiger partial charge >= 0.3 is 0 Å². The van der Waals surface area contributed by atoms with E-state index in [2.05, 4.69) is 21.5 Å². The van der Waals surface area contributed by atoms with E-state index in [4.69, 9.17) is 6.42 Å². The average molecular weight is 351 g/mol. The number of fused-ring (bicyclic) bond motifs is 1. The van der Waals surface area contributed by atoms with Crippen molar-refractivity contribution >= 4 is 34.1 Å². The van der Waals surface area contributed by atoms with E-state index in [0.29, 0.717) is 11.3 Å². The first-order valence-electron chi connectivity index (χ1n) is 7.79. The highest BCUT2D eigenvalue weighted by molar-refractivity contribution is 7.12. The largest absolute Gasteiger partial charge is 0.361 e. The van der Waals surface area contributed by atoms with E-state index in [1.54, 1.807) is 12.1 Å². The van der Waals surface area contributed by atoms with Crippen molar-refractivity contribution < 1.29 is 9.59 Å². The number of hydrogen-bond acceptors (Lipinski definition) is 3. The minimum Gasteiger partial charge on any atom is -0.361 e. The zero-order valence-corrected chi connectivity index (χ0v) is 14.2. The van der Waals surface area contributed by atoms with Crippen LogP contribution in [0.15, 0.2) is 48.0 Å². The standard InChI is InChI=1S/C19H17N3O2S/c1-2-9-20-18(23)16(22-19(24)17-8-5-10-25-17)11-13-12-21-15-7-4-3-6-14(13)15/h1,3-8,10,12,16,21H,9,11H2,(H,20,23)(H,22,24)/t16-/m0/s1. The number of carbonyl (C=O) groups excluding carboxylic acids is 2. The van der Waals surface area contributed by atoms with E-state index < -0.39 is 6.04 Å².